The van der Waals surface area contributed by atoms with Crippen LogP contribution < -0.4 is 10.2 Å². The van der Waals surface area contributed by atoms with Gasteiger partial charge in [0.2, 0.25) is 0 Å². The smallest absolute Gasteiger partial charge is 0.270 e. The number of nitrogens with one attached hydrogen (secondary N) is 1. The highest BCUT2D eigenvalue weighted by molar-refractivity contribution is 6.09. The number of benzene rings is 2. The number of hydrogen-bond acceptors (Lipinski definition) is 3. The Morgan fingerprint density at radius 2 is 2.00 bits per heavy atom. The molecule has 1 aliphatic heterocycles. The summed E-state index contributed by atoms with van der Waals surface area (Å²) >= 11 is 0. The minimum absolute atomic E-state index is 0.116. The van der Waals surface area contributed by atoms with E-state index in [4.69, 9.17) is 0 Å². The van der Waals surface area contributed by atoms with E-state index in [1.807, 2.05) is 42.5 Å². The maximum Gasteiger partial charge on any atom is 0.270 e. The first kappa shape index (κ1) is 18.7. The Bertz CT molecular complexity index is 894. The number of hydrogen-bond donors (Lipinski definition) is 1. The van der Waals surface area contributed by atoms with Crippen LogP contribution in [0.4, 0.5) is 11.4 Å². The monoisotopic (exact) mass is 359 g/mol. The molecule has 0 spiro atoms. The van der Waals surface area contributed by atoms with Crippen LogP contribution in [0, 0.1) is 11.3 Å². The van der Waals surface area contributed by atoms with Gasteiger partial charge in [0.25, 0.3) is 5.91 Å². The number of para-hydroxylation sites is 2. The molecule has 138 valence electrons. The van der Waals surface area contributed by atoms with Crippen LogP contribution in [0.5, 0.6) is 0 Å². The third kappa shape index (κ3) is 4.03. The molecule has 1 heterocycles. The maximum absolute atomic E-state index is 13.0. The molecule has 4 nitrogen and oxygen atoms in total. The molecule has 2 aromatic rings. The molecule has 0 fully saturated rings. The Labute approximate surface area is 161 Å². The third-order valence-corrected chi connectivity index (χ3v) is 5.18. The molecule has 4 heteroatoms. The van der Waals surface area contributed by atoms with Gasteiger partial charge in [-0.2, -0.15) is 5.26 Å². The van der Waals surface area contributed by atoms with Crippen LogP contribution in [0.1, 0.15) is 43.7 Å². The number of amides is 1. The van der Waals surface area contributed by atoms with Crippen LogP contribution in [0.2, 0.25) is 0 Å². The highest BCUT2D eigenvalue weighted by Crippen LogP contribution is 2.29. The van der Waals surface area contributed by atoms with E-state index < -0.39 is 0 Å². The van der Waals surface area contributed by atoms with Crippen molar-refractivity contribution in [3.8, 4) is 6.07 Å². The minimum atomic E-state index is -0.252. The molecule has 0 aliphatic carbocycles. The number of rotatable bonds is 5. The fourth-order valence-electron chi connectivity index (χ4n) is 3.46. The van der Waals surface area contributed by atoms with E-state index in [2.05, 4.69) is 31.3 Å². The maximum atomic E-state index is 13.0. The summed E-state index contributed by atoms with van der Waals surface area (Å²) in [4.78, 5) is 14.7. The normalized spacial score (nSPS) is 14.9. The van der Waals surface area contributed by atoms with Crippen molar-refractivity contribution in [2.45, 2.75) is 39.0 Å². The summed E-state index contributed by atoms with van der Waals surface area (Å²) in [5.41, 5.74) is 4.31. The number of carbonyl (C=O) groups excluding carboxylic acids is 1. The average Bonchev–Trinajstić information content (AvgIpc) is 2.73. The van der Waals surface area contributed by atoms with Crippen LogP contribution in [0.3, 0.4) is 0 Å². The van der Waals surface area contributed by atoms with Crippen molar-refractivity contribution in [1.82, 2.24) is 0 Å². The topological polar surface area (TPSA) is 56.1 Å². The molecule has 27 heavy (non-hydrogen) atoms. The number of carbonyl (C=O) groups is 1. The van der Waals surface area contributed by atoms with Gasteiger partial charge >= 0.3 is 0 Å². The van der Waals surface area contributed by atoms with Crippen LogP contribution in [0.15, 0.2) is 60.3 Å². The van der Waals surface area contributed by atoms with Crippen molar-refractivity contribution in [1.29, 1.82) is 5.26 Å². The van der Waals surface area contributed by atoms with Gasteiger partial charge in [0, 0.05) is 24.1 Å². The zero-order valence-electron chi connectivity index (χ0n) is 15.9. The van der Waals surface area contributed by atoms with Crippen molar-refractivity contribution in [3.05, 3.63) is 71.4 Å². The summed E-state index contributed by atoms with van der Waals surface area (Å²) in [6, 6.07) is 18.0. The lowest BCUT2D eigenvalue weighted by molar-refractivity contribution is -0.114. The standard InChI is InChI=1S/C23H25N3O/c1-3-17(2)20-11-5-6-12-21(20)25-16-19(15-24)23(27)26-14-8-10-18-9-4-7-13-22(18)26/h4-7,9,11-13,16-17,25H,3,8,10,14H2,1-2H3/b19-16-. The van der Waals surface area contributed by atoms with Gasteiger partial charge in [-0.3, -0.25) is 4.79 Å². The Morgan fingerprint density at radius 1 is 1.26 bits per heavy atom. The van der Waals surface area contributed by atoms with Crippen LogP contribution in [-0.2, 0) is 11.2 Å². The molecule has 0 aromatic heterocycles. The lowest BCUT2D eigenvalue weighted by atomic mass is 9.97. The molecule has 0 saturated heterocycles. The van der Waals surface area contributed by atoms with Crippen molar-refractivity contribution in [3.63, 3.8) is 0 Å². The molecule has 0 bridgehead atoms. The summed E-state index contributed by atoms with van der Waals surface area (Å²) in [6.45, 7) is 4.96. The third-order valence-electron chi connectivity index (χ3n) is 5.18. The fraction of sp³-hybridized carbons (Fsp3) is 0.304. The second kappa shape index (κ2) is 8.55. The Kier molecular flexibility index (Phi) is 5.93. The molecular weight excluding hydrogens is 334 g/mol. The largest absolute Gasteiger partial charge is 0.360 e. The lowest BCUT2D eigenvalue weighted by Gasteiger charge is -2.29. The second-order valence-electron chi connectivity index (χ2n) is 6.90. The van der Waals surface area contributed by atoms with E-state index in [0.717, 1.165) is 36.2 Å². The zero-order valence-corrected chi connectivity index (χ0v) is 15.9. The van der Waals surface area contributed by atoms with Gasteiger partial charge in [0.1, 0.15) is 11.6 Å². The SMILES string of the molecule is CCC(C)c1ccccc1N/C=C(/C#N)C(=O)N1CCCc2ccccc21. The number of aryl methyl sites for hydroxylation is 1. The van der Waals surface area contributed by atoms with Gasteiger partial charge in [0.15, 0.2) is 0 Å². The number of fused-ring (bicyclic) bond motifs is 1. The molecule has 0 radical (unpaired) electrons. The van der Waals surface area contributed by atoms with Gasteiger partial charge < -0.3 is 10.2 Å². The fourth-order valence-corrected chi connectivity index (χ4v) is 3.46. The van der Waals surface area contributed by atoms with Gasteiger partial charge in [-0.25, -0.2) is 0 Å². The summed E-state index contributed by atoms with van der Waals surface area (Å²) in [5, 5.41) is 12.8. The highest BCUT2D eigenvalue weighted by atomic mass is 16.2. The van der Waals surface area contributed by atoms with E-state index in [0.29, 0.717) is 12.5 Å². The second-order valence-corrected chi connectivity index (χ2v) is 6.90. The van der Waals surface area contributed by atoms with E-state index in [1.54, 1.807) is 11.1 Å². The lowest BCUT2D eigenvalue weighted by Crippen LogP contribution is -2.36. The molecule has 1 unspecified atom stereocenters. The molecule has 1 atom stereocenters. The van der Waals surface area contributed by atoms with Crippen LogP contribution in [0.25, 0.3) is 0 Å². The van der Waals surface area contributed by atoms with Gasteiger partial charge in [-0.05, 0) is 48.4 Å². The molecule has 2 aromatic carbocycles. The van der Waals surface area contributed by atoms with Gasteiger partial charge in [0.05, 0.1) is 0 Å². The van der Waals surface area contributed by atoms with Gasteiger partial charge in [-0.1, -0.05) is 50.2 Å². The van der Waals surface area contributed by atoms with E-state index in [-0.39, 0.29) is 11.5 Å². The molecule has 1 amide bonds. The van der Waals surface area contributed by atoms with E-state index in [1.165, 1.54) is 5.56 Å². The Balaban J connectivity index is 1.84. The number of nitrogens with zero attached hydrogens (tertiary/aromatic N) is 2. The number of nitriles is 1. The molecular formula is C23H25N3O. The van der Waals surface area contributed by atoms with Crippen LogP contribution in [-0.4, -0.2) is 12.5 Å². The van der Waals surface area contributed by atoms with Crippen molar-refractivity contribution in [2.75, 3.05) is 16.8 Å². The summed E-state index contributed by atoms with van der Waals surface area (Å²) in [7, 11) is 0. The van der Waals surface area contributed by atoms with Crippen molar-refractivity contribution >= 4 is 17.3 Å². The first-order valence-electron chi connectivity index (χ1n) is 9.51. The minimum Gasteiger partial charge on any atom is -0.360 e. The summed E-state index contributed by atoms with van der Waals surface area (Å²) in [5.74, 6) is 0.149. The summed E-state index contributed by atoms with van der Waals surface area (Å²) in [6.07, 6.45) is 4.44. The highest BCUT2D eigenvalue weighted by Gasteiger charge is 2.24. The average molecular weight is 359 g/mol. The van der Waals surface area contributed by atoms with Gasteiger partial charge in [-0.15, -0.1) is 0 Å². The predicted octanol–water partition coefficient (Wildman–Crippen LogP) is 5.00. The van der Waals surface area contributed by atoms with Crippen molar-refractivity contribution < 1.29 is 4.79 Å². The van der Waals surface area contributed by atoms with Crippen molar-refractivity contribution in [2.24, 2.45) is 0 Å². The summed E-state index contributed by atoms with van der Waals surface area (Å²) < 4.78 is 0. The van der Waals surface area contributed by atoms with E-state index in [9.17, 15) is 10.1 Å². The molecule has 0 saturated carbocycles. The predicted molar refractivity (Wildman–Crippen MR) is 110 cm³/mol. The molecule has 1 N–H and O–H groups in total. The molecule has 3 rings (SSSR count). The first-order valence-corrected chi connectivity index (χ1v) is 9.51. The first-order chi connectivity index (χ1) is 13.2. The Hall–Kier alpha value is -3.06. The molecule has 1 aliphatic rings. The number of anilines is 2. The zero-order chi connectivity index (χ0) is 19.2. The Morgan fingerprint density at radius 3 is 2.78 bits per heavy atom. The quantitative estimate of drug-likeness (QED) is 0.604. The van der Waals surface area contributed by atoms with E-state index >= 15 is 0 Å². The van der Waals surface area contributed by atoms with Crippen LogP contribution >= 0.6 is 0 Å².